The number of rotatable bonds is 2. The first-order valence-electron chi connectivity index (χ1n) is 5.32. The third-order valence-corrected chi connectivity index (χ3v) is 2.86. The first kappa shape index (κ1) is 9.42. The van der Waals surface area contributed by atoms with E-state index in [1.54, 1.807) is 6.20 Å². The van der Waals surface area contributed by atoms with E-state index in [9.17, 15) is 0 Å². The molecule has 2 N–H and O–H groups in total. The summed E-state index contributed by atoms with van der Waals surface area (Å²) < 4.78 is 0. The van der Waals surface area contributed by atoms with Crippen molar-refractivity contribution in [3.63, 3.8) is 0 Å². The number of hydrogen-bond acceptors (Lipinski definition) is 4. The predicted octanol–water partition coefficient (Wildman–Crippen LogP) is 1.49. The second kappa shape index (κ2) is 3.35. The maximum Gasteiger partial charge on any atom is 0.171 e. The van der Waals surface area contributed by atoms with Gasteiger partial charge >= 0.3 is 0 Å². The minimum atomic E-state index is -0.322. The summed E-state index contributed by atoms with van der Waals surface area (Å²) in [6.45, 7) is 0. The molecule has 0 unspecified atom stereocenters. The normalized spacial score (nSPS) is 17.1. The first-order chi connectivity index (χ1) is 7.78. The summed E-state index contributed by atoms with van der Waals surface area (Å²) in [5, 5.41) is 7.99. The van der Waals surface area contributed by atoms with Crippen LogP contribution in [-0.2, 0) is 5.54 Å². The smallest absolute Gasteiger partial charge is 0.171 e. The second-order valence-corrected chi connectivity index (χ2v) is 4.19. The molecule has 80 valence electrons. The Balaban J connectivity index is 2.03. The van der Waals surface area contributed by atoms with Gasteiger partial charge in [0.1, 0.15) is 0 Å². The van der Waals surface area contributed by atoms with E-state index >= 15 is 0 Å². The lowest BCUT2D eigenvalue weighted by molar-refractivity contribution is 0.650. The molecule has 1 aromatic heterocycles. The average molecular weight is 212 g/mol. The summed E-state index contributed by atoms with van der Waals surface area (Å²) in [5.74, 6) is 0.661. The molecule has 0 amide bonds. The van der Waals surface area contributed by atoms with Crippen LogP contribution in [0.2, 0.25) is 0 Å². The largest absolute Gasteiger partial charge is 0.319 e. The topological polar surface area (TPSA) is 64.7 Å². The molecule has 3 rings (SSSR count). The molecule has 16 heavy (non-hydrogen) atoms. The Morgan fingerprint density at radius 1 is 1.12 bits per heavy atom. The van der Waals surface area contributed by atoms with Gasteiger partial charge in [0, 0.05) is 5.56 Å². The molecule has 2 aromatic rings. The van der Waals surface area contributed by atoms with Gasteiger partial charge in [-0.05, 0) is 12.8 Å². The monoisotopic (exact) mass is 212 g/mol. The van der Waals surface area contributed by atoms with Gasteiger partial charge in [0.2, 0.25) is 0 Å². The molecule has 4 heteroatoms. The number of benzene rings is 1. The molecule has 1 heterocycles. The fourth-order valence-corrected chi connectivity index (χ4v) is 1.62. The van der Waals surface area contributed by atoms with E-state index in [0.29, 0.717) is 5.82 Å². The fourth-order valence-electron chi connectivity index (χ4n) is 1.62. The van der Waals surface area contributed by atoms with Crippen molar-refractivity contribution >= 4 is 0 Å². The zero-order valence-electron chi connectivity index (χ0n) is 8.80. The minimum Gasteiger partial charge on any atom is -0.319 e. The lowest BCUT2D eigenvalue weighted by Gasteiger charge is -2.07. The second-order valence-electron chi connectivity index (χ2n) is 4.19. The van der Waals surface area contributed by atoms with Gasteiger partial charge in [-0.2, -0.15) is 5.10 Å². The maximum atomic E-state index is 6.05. The number of nitrogens with zero attached hydrogens (tertiary/aromatic N) is 3. The molecule has 1 aliphatic carbocycles. The zero-order chi connectivity index (χ0) is 11.0. The van der Waals surface area contributed by atoms with E-state index in [4.69, 9.17) is 5.73 Å². The van der Waals surface area contributed by atoms with Crippen LogP contribution in [0.15, 0.2) is 36.5 Å². The molecule has 0 saturated heterocycles. The van der Waals surface area contributed by atoms with Crippen molar-refractivity contribution in [2.75, 3.05) is 0 Å². The molecule has 1 aliphatic rings. The van der Waals surface area contributed by atoms with Crippen molar-refractivity contribution in [2.45, 2.75) is 18.4 Å². The van der Waals surface area contributed by atoms with Gasteiger partial charge in [-0.1, -0.05) is 30.3 Å². The Kier molecular flexibility index (Phi) is 1.97. The molecule has 0 bridgehead atoms. The SMILES string of the molecule is NC1(c2nncc(-c3ccccc3)n2)CC1. The van der Waals surface area contributed by atoms with Crippen molar-refractivity contribution < 1.29 is 0 Å². The van der Waals surface area contributed by atoms with E-state index < -0.39 is 0 Å². The average Bonchev–Trinajstić information content (AvgIpc) is 3.10. The van der Waals surface area contributed by atoms with Gasteiger partial charge in [0.25, 0.3) is 0 Å². The van der Waals surface area contributed by atoms with Crippen LogP contribution in [0.25, 0.3) is 11.3 Å². The van der Waals surface area contributed by atoms with Crippen LogP contribution in [0.3, 0.4) is 0 Å². The highest BCUT2D eigenvalue weighted by Crippen LogP contribution is 2.40. The quantitative estimate of drug-likeness (QED) is 0.819. The van der Waals surface area contributed by atoms with Crippen LogP contribution in [-0.4, -0.2) is 15.2 Å². The Labute approximate surface area is 93.5 Å². The highest BCUT2D eigenvalue weighted by Gasteiger charge is 2.43. The Morgan fingerprint density at radius 2 is 1.88 bits per heavy atom. The summed E-state index contributed by atoms with van der Waals surface area (Å²) >= 11 is 0. The number of nitrogens with two attached hydrogens (primary N) is 1. The van der Waals surface area contributed by atoms with E-state index in [1.165, 1.54) is 0 Å². The lowest BCUT2D eigenvalue weighted by Crippen LogP contribution is -2.22. The Hall–Kier alpha value is -1.81. The Morgan fingerprint density at radius 3 is 2.56 bits per heavy atom. The molecule has 1 fully saturated rings. The fraction of sp³-hybridized carbons (Fsp3) is 0.250. The van der Waals surface area contributed by atoms with E-state index in [-0.39, 0.29) is 5.54 Å². The summed E-state index contributed by atoms with van der Waals surface area (Å²) in [6, 6.07) is 9.94. The van der Waals surface area contributed by atoms with E-state index in [2.05, 4.69) is 15.2 Å². The van der Waals surface area contributed by atoms with Crippen molar-refractivity contribution in [1.29, 1.82) is 0 Å². The molecule has 4 nitrogen and oxygen atoms in total. The molecule has 0 atom stereocenters. The maximum absolute atomic E-state index is 6.05. The van der Waals surface area contributed by atoms with E-state index in [0.717, 1.165) is 24.1 Å². The van der Waals surface area contributed by atoms with Crippen LogP contribution in [0.4, 0.5) is 0 Å². The molecule has 0 aliphatic heterocycles. The highest BCUT2D eigenvalue weighted by atomic mass is 15.2. The summed E-state index contributed by atoms with van der Waals surface area (Å²) in [7, 11) is 0. The summed E-state index contributed by atoms with van der Waals surface area (Å²) in [5.41, 5.74) is 7.61. The molecule has 0 spiro atoms. The number of aromatic nitrogens is 3. The van der Waals surface area contributed by atoms with Crippen LogP contribution in [0, 0.1) is 0 Å². The lowest BCUT2D eigenvalue weighted by atomic mass is 10.1. The number of hydrogen-bond donors (Lipinski definition) is 1. The van der Waals surface area contributed by atoms with Crippen LogP contribution in [0.5, 0.6) is 0 Å². The molecule has 1 aromatic carbocycles. The third-order valence-electron chi connectivity index (χ3n) is 2.86. The van der Waals surface area contributed by atoms with Gasteiger partial charge in [-0.15, -0.1) is 5.10 Å². The zero-order valence-corrected chi connectivity index (χ0v) is 8.80. The van der Waals surface area contributed by atoms with Crippen molar-refractivity contribution in [2.24, 2.45) is 5.73 Å². The molecule has 1 saturated carbocycles. The molecule has 0 radical (unpaired) electrons. The van der Waals surface area contributed by atoms with Gasteiger partial charge in [-0.25, -0.2) is 4.98 Å². The van der Waals surface area contributed by atoms with Gasteiger partial charge in [0.15, 0.2) is 5.82 Å². The van der Waals surface area contributed by atoms with Crippen molar-refractivity contribution in [3.05, 3.63) is 42.4 Å². The van der Waals surface area contributed by atoms with Crippen molar-refractivity contribution in [3.8, 4) is 11.3 Å². The van der Waals surface area contributed by atoms with Crippen LogP contribution in [0.1, 0.15) is 18.7 Å². The molecular formula is C12H12N4. The van der Waals surface area contributed by atoms with Gasteiger partial charge in [-0.3, -0.25) is 0 Å². The molecular weight excluding hydrogens is 200 g/mol. The Bertz CT molecular complexity index is 505. The standard InChI is InChI=1S/C12H12N4/c13-12(6-7-12)11-15-10(8-14-16-11)9-4-2-1-3-5-9/h1-5,8H,6-7,13H2. The summed E-state index contributed by atoms with van der Waals surface area (Å²) in [6.07, 6.45) is 3.57. The predicted molar refractivity (Wildman–Crippen MR) is 60.4 cm³/mol. The van der Waals surface area contributed by atoms with Gasteiger partial charge < -0.3 is 5.73 Å². The van der Waals surface area contributed by atoms with E-state index in [1.807, 2.05) is 30.3 Å². The summed E-state index contributed by atoms with van der Waals surface area (Å²) in [4.78, 5) is 4.48. The van der Waals surface area contributed by atoms with Gasteiger partial charge in [0.05, 0.1) is 17.4 Å². The van der Waals surface area contributed by atoms with Crippen molar-refractivity contribution in [1.82, 2.24) is 15.2 Å². The van der Waals surface area contributed by atoms with Crippen LogP contribution >= 0.6 is 0 Å². The third kappa shape index (κ3) is 1.57. The first-order valence-corrected chi connectivity index (χ1v) is 5.32. The minimum absolute atomic E-state index is 0.322. The highest BCUT2D eigenvalue weighted by molar-refractivity contribution is 5.57. The van der Waals surface area contributed by atoms with Crippen LogP contribution < -0.4 is 5.73 Å².